The van der Waals surface area contributed by atoms with Crippen LogP contribution in [-0.4, -0.2) is 13.7 Å². The van der Waals surface area contributed by atoms with Crippen molar-refractivity contribution in [2.45, 2.75) is 25.7 Å². The van der Waals surface area contributed by atoms with Gasteiger partial charge in [-0.15, -0.1) is 0 Å². The molecule has 0 fully saturated rings. The van der Waals surface area contributed by atoms with Gasteiger partial charge in [-0.2, -0.15) is 5.26 Å². The summed E-state index contributed by atoms with van der Waals surface area (Å²) in [4.78, 5) is 0. The van der Waals surface area contributed by atoms with Gasteiger partial charge in [-0.25, -0.2) is 0 Å². The van der Waals surface area contributed by atoms with Gasteiger partial charge in [0, 0.05) is 13.7 Å². The van der Waals surface area contributed by atoms with E-state index in [4.69, 9.17) is 10.00 Å². The number of rotatable bonds is 5. The molecule has 2 heteroatoms. The van der Waals surface area contributed by atoms with Gasteiger partial charge in [0.05, 0.1) is 11.6 Å². The fourth-order valence-electron chi connectivity index (χ4n) is 1.90. The predicted molar refractivity (Wildman–Crippen MR) is 65.1 cm³/mol. The molecule has 1 unspecified atom stereocenters. The van der Waals surface area contributed by atoms with Crippen LogP contribution in [0.4, 0.5) is 0 Å². The van der Waals surface area contributed by atoms with Crippen LogP contribution in [0, 0.1) is 18.3 Å². The second-order valence-corrected chi connectivity index (χ2v) is 3.82. The van der Waals surface area contributed by atoms with Crippen LogP contribution in [0.15, 0.2) is 18.2 Å². The first-order valence-electron chi connectivity index (χ1n) is 5.58. The third-order valence-electron chi connectivity index (χ3n) is 2.80. The molecular formula is C14H18NO. The summed E-state index contributed by atoms with van der Waals surface area (Å²) in [5.41, 5.74) is 3.07. The molecule has 0 saturated heterocycles. The molecule has 0 aliphatic carbocycles. The van der Waals surface area contributed by atoms with Crippen LogP contribution < -0.4 is 0 Å². The molecule has 1 radical (unpaired) electrons. The van der Waals surface area contributed by atoms with Gasteiger partial charge in [0.1, 0.15) is 0 Å². The van der Waals surface area contributed by atoms with Gasteiger partial charge in [-0.3, -0.25) is 0 Å². The molecule has 1 aromatic rings. The average Bonchev–Trinajstić information content (AvgIpc) is 2.34. The lowest BCUT2D eigenvalue weighted by molar-refractivity contribution is 0.191. The SMILES string of the molecule is [CH2]C(CCOC)c1cccc(C#N)c1CC. The zero-order chi connectivity index (χ0) is 12.0. The normalized spacial score (nSPS) is 12.1. The maximum Gasteiger partial charge on any atom is 0.0994 e. The maximum atomic E-state index is 9.04. The smallest absolute Gasteiger partial charge is 0.0994 e. The van der Waals surface area contributed by atoms with E-state index in [1.54, 1.807) is 7.11 Å². The van der Waals surface area contributed by atoms with Gasteiger partial charge in [-0.1, -0.05) is 19.1 Å². The number of ether oxygens (including phenoxy) is 1. The Morgan fingerprint density at radius 2 is 2.25 bits per heavy atom. The van der Waals surface area contributed by atoms with E-state index in [1.165, 1.54) is 5.56 Å². The minimum absolute atomic E-state index is 0.197. The van der Waals surface area contributed by atoms with Crippen molar-refractivity contribution in [2.24, 2.45) is 0 Å². The quantitative estimate of drug-likeness (QED) is 0.757. The Hall–Kier alpha value is -1.33. The second-order valence-electron chi connectivity index (χ2n) is 3.82. The van der Waals surface area contributed by atoms with E-state index in [9.17, 15) is 0 Å². The Bertz CT molecular complexity index is 379. The number of hydrogen-bond donors (Lipinski definition) is 0. The zero-order valence-corrected chi connectivity index (χ0v) is 9.99. The van der Waals surface area contributed by atoms with Gasteiger partial charge < -0.3 is 4.74 Å². The van der Waals surface area contributed by atoms with E-state index >= 15 is 0 Å². The molecular weight excluding hydrogens is 198 g/mol. The summed E-state index contributed by atoms with van der Waals surface area (Å²) >= 11 is 0. The summed E-state index contributed by atoms with van der Waals surface area (Å²) in [7, 11) is 1.69. The molecule has 0 amide bonds. The van der Waals surface area contributed by atoms with Crippen LogP contribution >= 0.6 is 0 Å². The zero-order valence-electron chi connectivity index (χ0n) is 9.99. The highest BCUT2D eigenvalue weighted by Crippen LogP contribution is 2.25. The van der Waals surface area contributed by atoms with Crippen molar-refractivity contribution in [3.05, 3.63) is 41.8 Å². The molecule has 0 saturated carbocycles. The molecule has 85 valence electrons. The highest BCUT2D eigenvalue weighted by molar-refractivity contribution is 5.44. The van der Waals surface area contributed by atoms with Crippen LogP contribution in [0.1, 0.15) is 36.0 Å². The minimum atomic E-state index is 0.197. The fourth-order valence-corrected chi connectivity index (χ4v) is 1.90. The lowest BCUT2D eigenvalue weighted by Crippen LogP contribution is -2.04. The third-order valence-corrected chi connectivity index (χ3v) is 2.80. The van der Waals surface area contributed by atoms with Crippen molar-refractivity contribution < 1.29 is 4.74 Å². The van der Waals surface area contributed by atoms with Gasteiger partial charge in [0.15, 0.2) is 0 Å². The molecule has 0 heterocycles. The Balaban J connectivity index is 2.99. The summed E-state index contributed by atoms with van der Waals surface area (Å²) in [5, 5.41) is 9.04. The Labute approximate surface area is 97.9 Å². The Kier molecular flexibility index (Phi) is 5.01. The highest BCUT2D eigenvalue weighted by Gasteiger charge is 2.12. The first-order chi connectivity index (χ1) is 7.74. The second kappa shape index (κ2) is 6.30. The Morgan fingerprint density at radius 3 is 2.81 bits per heavy atom. The van der Waals surface area contributed by atoms with Crippen molar-refractivity contribution in [2.75, 3.05) is 13.7 Å². The summed E-state index contributed by atoms with van der Waals surface area (Å²) in [5.74, 6) is 0.197. The van der Waals surface area contributed by atoms with Gasteiger partial charge in [0.2, 0.25) is 0 Å². The molecule has 1 atom stereocenters. The Morgan fingerprint density at radius 1 is 1.50 bits per heavy atom. The monoisotopic (exact) mass is 216 g/mol. The molecule has 16 heavy (non-hydrogen) atoms. The van der Waals surface area contributed by atoms with Gasteiger partial charge in [0.25, 0.3) is 0 Å². The standard InChI is InChI=1S/C14H18NO/c1-4-13-12(10-15)6-5-7-14(13)11(2)8-9-16-3/h5-7,11H,2,4,8-9H2,1,3H3. The van der Waals surface area contributed by atoms with E-state index in [-0.39, 0.29) is 5.92 Å². The number of benzene rings is 1. The largest absolute Gasteiger partial charge is 0.385 e. The van der Waals surface area contributed by atoms with Crippen LogP contribution in [0.25, 0.3) is 0 Å². The minimum Gasteiger partial charge on any atom is -0.385 e. The third kappa shape index (κ3) is 2.84. The maximum absolute atomic E-state index is 9.04. The van der Waals surface area contributed by atoms with Crippen LogP contribution in [0.5, 0.6) is 0 Å². The molecule has 0 N–H and O–H groups in total. The first-order valence-corrected chi connectivity index (χ1v) is 5.58. The molecule has 1 rings (SSSR count). The molecule has 0 aromatic heterocycles. The summed E-state index contributed by atoms with van der Waals surface area (Å²) in [6.07, 6.45) is 1.76. The lowest BCUT2D eigenvalue weighted by atomic mass is 9.89. The van der Waals surface area contributed by atoms with Crippen molar-refractivity contribution in [1.82, 2.24) is 0 Å². The lowest BCUT2D eigenvalue weighted by Gasteiger charge is -2.16. The number of nitriles is 1. The topological polar surface area (TPSA) is 33.0 Å². The molecule has 0 bridgehead atoms. The number of methoxy groups -OCH3 is 1. The van der Waals surface area contributed by atoms with Gasteiger partial charge >= 0.3 is 0 Å². The van der Waals surface area contributed by atoms with Crippen LogP contribution in [0.3, 0.4) is 0 Å². The molecule has 0 aliphatic heterocycles. The van der Waals surface area contributed by atoms with Crippen LogP contribution in [0.2, 0.25) is 0 Å². The van der Waals surface area contributed by atoms with Crippen molar-refractivity contribution >= 4 is 0 Å². The van der Waals surface area contributed by atoms with E-state index in [0.29, 0.717) is 6.61 Å². The van der Waals surface area contributed by atoms with Crippen molar-refractivity contribution in [1.29, 1.82) is 5.26 Å². The van der Waals surface area contributed by atoms with E-state index in [2.05, 4.69) is 26.0 Å². The molecule has 1 aromatic carbocycles. The summed E-state index contributed by atoms with van der Waals surface area (Å²) < 4.78 is 5.06. The molecule has 0 aliphatic rings. The van der Waals surface area contributed by atoms with Gasteiger partial charge in [-0.05, 0) is 42.9 Å². The summed E-state index contributed by atoms with van der Waals surface area (Å²) in [6.45, 7) is 6.92. The molecule has 0 spiro atoms. The number of nitrogens with zero attached hydrogens (tertiary/aromatic N) is 1. The molecule has 2 nitrogen and oxygen atoms in total. The first kappa shape index (κ1) is 12.7. The summed E-state index contributed by atoms with van der Waals surface area (Å²) in [6, 6.07) is 8.10. The predicted octanol–water partition coefficient (Wildman–Crippen LogP) is 3.07. The average molecular weight is 216 g/mol. The van der Waals surface area contributed by atoms with E-state index in [1.807, 2.05) is 12.1 Å². The fraction of sp³-hybridized carbons (Fsp3) is 0.429. The van der Waals surface area contributed by atoms with E-state index < -0.39 is 0 Å². The van der Waals surface area contributed by atoms with Crippen molar-refractivity contribution in [3.8, 4) is 6.07 Å². The van der Waals surface area contributed by atoms with E-state index in [0.717, 1.165) is 24.0 Å². The van der Waals surface area contributed by atoms with Crippen molar-refractivity contribution in [3.63, 3.8) is 0 Å². The highest BCUT2D eigenvalue weighted by atomic mass is 16.5. The van der Waals surface area contributed by atoms with Crippen LogP contribution in [-0.2, 0) is 11.2 Å². The number of hydrogen-bond acceptors (Lipinski definition) is 2.